The molecule has 0 aliphatic carbocycles. The minimum Gasteiger partial charge on any atom is -0.396 e. The summed E-state index contributed by atoms with van der Waals surface area (Å²) < 4.78 is 11.1. The van der Waals surface area contributed by atoms with Gasteiger partial charge in [-0.15, -0.1) is 0 Å². The molecular formula is C14H25NO6. The first-order chi connectivity index (χ1) is 10.2. The van der Waals surface area contributed by atoms with Gasteiger partial charge in [-0.2, -0.15) is 0 Å². The van der Waals surface area contributed by atoms with E-state index in [2.05, 4.69) is 0 Å². The zero-order valence-electron chi connectivity index (χ0n) is 12.3. The molecule has 0 aromatic carbocycles. The number of ether oxygens (including phenoxy) is 2. The first kappa shape index (κ1) is 18.0. The van der Waals surface area contributed by atoms with Crippen LogP contribution in [0, 0.1) is 0 Å². The summed E-state index contributed by atoms with van der Waals surface area (Å²) in [6.07, 6.45) is 2.51. The van der Waals surface area contributed by atoms with E-state index in [0.717, 1.165) is 0 Å². The second kappa shape index (κ2) is 10.7. The van der Waals surface area contributed by atoms with Crippen molar-refractivity contribution in [1.29, 1.82) is 0 Å². The summed E-state index contributed by atoms with van der Waals surface area (Å²) >= 11 is 0. The Morgan fingerprint density at radius 1 is 0.905 bits per heavy atom. The van der Waals surface area contributed by atoms with Gasteiger partial charge in [-0.05, 0) is 25.7 Å². The Morgan fingerprint density at radius 2 is 1.38 bits per heavy atom. The largest absolute Gasteiger partial charge is 0.396 e. The summed E-state index contributed by atoms with van der Waals surface area (Å²) in [4.78, 5) is 24.4. The molecule has 2 amide bonds. The lowest BCUT2D eigenvalue weighted by molar-refractivity contribution is -0.166. The van der Waals surface area contributed by atoms with Crippen LogP contribution in [0.1, 0.15) is 38.5 Å². The average molecular weight is 303 g/mol. The quantitative estimate of drug-likeness (QED) is 0.300. The summed E-state index contributed by atoms with van der Waals surface area (Å²) in [6, 6.07) is 0. The number of hydrogen-bond acceptors (Lipinski definition) is 6. The van der Waals surface area contributed by atoms with Gasteiger partial charge in [0.1, 0.15) is 0 Å². The molecule has 7 nitrogen and oxygen atoms in total. The van der Waals surface area contributed by atoms with E-state index in [1.54, 1.807) is 0 Å². The smallest absolute Gasteiger partial charge is 0.229 e. The van der Waals surface area contributed by atoms with E-state index in [-0.39, 0.29) is 44.4 Å². The Morgan fingerprint density at radius 3 is 1.81 bits per heavy atom. The minimum atomic E-state index is -0.645. The molecule has 1 aliphatic heterocycles. The van der Waals surface area contributed by atoms with Gasteiger partial charge in [0.25, 0.3) is 0 Å². The normalized spacial score (nSPS) is 15.5. The van der Waals surface area contributed by atoms with E-state index >= 15 is 0 Å². The summed E-state index contributed by atoms with van der Waals surface area (Å²) in [7, 11) is 0. The number of amides is 2. The molecule has 7 heteroatoms. The van der Waals surface area contributed by atoms with Gasteiger partial charge >= 0.3 is 0 Å². The van der Waals surface area contributed by atoms with E-state index in [1.165, 1.54) is 4.90 Å². The number of aliphatic hydroxyl groups excluding tert-OH is 2. The third-order valence-electron chi connectivity index (χ3n) is 3.20. The van der Waals surface area contributed by atoms with Crippen molar-refractivity contribution in [3.8, 4) is 0 Å². The van der Waals surface area contributed by atoms with Crippen LogP contribution >= 0.6 is 0 Å². The number of imide groups is 1. The second-order valence-electron chi connectivity index (χ2n) is 4.93. The van der Waals surface area contributed by atoms with Crippen molar-refractivity contribution in [3.63, 3.8) is 0 Å². The molecule has 122 valence electrons. The third kappa shape index (κ3) is 6.99. The van der Waals surface area contributed by atoms with Crippen molar-refractivity contribution in [1.82, 2.24) is 4.90 Å². The molecule has 0 radical (unpaired) electrons. The molecule has 0 bridgehead atoms. The fourth-order valence-corrected chi connectivity index (χ4v) is 1.99. The molecule has 0 spiro atoms. The van der Waals surface area contributed by atoms with Crippen molar-refractivity contribution < 1.29 is 29.3 Å². The highest BCUT2D eigenvalue weighted by molar-refractivity contribution is 6.01. The maximum Gasteiger partial charge on any atom is 0.229 e. The zero-order chi connectivity index (χ0) is 15.5. The van der Waals surface area contributed by atoms with Crippen LogP contribution in [0.15, 0.2) is 0 Å². The standard InChI is InChI=1S/C14H25NO6/c16-7-1-3-9-20-14(21-10-4-2-8-17)11-15-12(18)5-6-13(15)19/h14,16-17H,1-11H2. The van der Waals surface area contributed by atoms with E-state index in [9.17, 15) is 9.59 Å². The minimum absolute atomic E-state index is 0.106. The van der Waals surface area contributed by atoms with Gasteiger partial charge in [0, 0.05) is 39.3 Å². The molecule has 1 heterocycles. The molecular weight excluding hydrogens is 278 g/mol. The maximum absolute atomic E-state index is 11.6. The lowest BCUT2D eigenvalue weighted by atomic mass is 10.3. The SMILES string of the molecule is O=C1CCC(=O)N1CC(OCCCCO)OCCCCO. The van der Waals surface area contributed by atoms with E-state index in [0.29, 0.717) is 38.9 Å². The highest BCUT2D eigenvalue weighted by Gasteiger charge is 2.31. The van der Waals surface area contributed by atoms with Crippen LogP contribution in [0.4, 0.5) is 0 Å². The van der Waals surface area contributed by atoms with Crippen LogP contribution in [0.5, 0.6) is 0 Å². The van der Waals surface area contributed by atoms with Crippen molar-refractivity contribution in [2.24, 2.45) is 0 Å². The number of carbonyl (C=O) groups is 2. The van der Waals surface area contributed by atoms with Gasteiger partial charge in [0.2, 0.25) is 11.8 Å². The first-order valence-corrected chi connectivity index (χ1v) is 7.47. The Bertz CT molecular complexity index is 295. The van der Waals surface area contributed by atoms with Gasteiger partial charge < -0.3 is 19.7 Å². The monoisotopic (exact) mass is 303 g/mol. The second-order valence-corrected chi connectivity index (χ2v) is 4.93. The van der Waals surface area contributed by atoms with Crippen molar-refractivity contribution in [2.75, 3.05) is 33.0 Å². The lowest BCUT2D eigenvalue weighted by Crippen LogP contribution is -2.39. The average Bonchev–Trinajstić information content (AvgIpc) is 2.79. The fraction of sp³-hybridized carbons (Fsp3) is 0.857. The summed E-state index contributed by atoms with van der Waals surface area (Å²) in [6.45, 7) is 1.13. The topological polar surface area (TPSA) is 96.3 Å². The zero-order valence-corrected chi connectivity index (χ0v) is 12.3. The summed E-state index contributed by atoms with van der Waals surface area (Å²) in [5.41, 5.74) is 0. The highest BCUT2D eigenvalue weighted by Crippen LogP contribution is 2.14. The number of unbranched alkanes of at least 4 members (excludes halogenated alkanes) is 2. The summed E-state index contributed by atoms with van der Waals surface area (Å²) in [5, 5.41) is 17.4. The van der Waals surface area contributed by atoms with Crippen molar-refractivity contribution >= 4 is 11.8 Å². The van der Waals surface area contributed by atoms with E-state index < -0.39 is 6.29 Å². The molecule has 2 N–H and O–H groups in total. The lowest BCUT2D eigenvalue weighted by Gasteiger charge is -2.23. The van der Waals surface area contributed by atoms with Crippen LogP contribution in [-0.4, -0.2) is 66.2 Å². The highest BCUT2D eigenvalue weighted by atomic mass is 16.7. The fourth-order valence-electron chi connectivity index (χ4n) is 1.99. The molecule has 0 atom stereocenters. The molecule has 1 aliphatic rings. The number of likely N-dealkylation sites (tertiary alicyclic amines) is 1. The van der Waals surface area contributed by atoms with Crippen LogP contribution in [0.25, 0.3) is 0 Å². The number of hydrogen-bond donors (Lipinski definition) is 2. The first-order valence-electron chi connectivity index (χ1n) is 7.47. The van der Waals surface area contributed by atoms with Crippen LogP contribution in [0.2, 0.25) is 0 Å². The van der Waals surface area contributed by atoms with Crippen molar-refractivity contribution in [3.05, 3.63) is 0 Å². The summed E-state index contributed by atoms with van der Waals surface area (Å²) in [5.74, 6) is -0.383. The predicted octanol–water partition coefficient (Wildman–Crippen LogP) is 0.0397. The number of rotatable bonds is 12. The van der Waals surface area contributed by atoms with Crippen LogP contribution in [0.3, 0.4) is 0 Å². The molecule has 21 heavy (non-hydrogen) atoms. The van der Waals surface area contributed by atoms with Gasteiger partial charge in [-0.3, -0.25) is 14.5 Å². The molecule has 0 saturated carbocycles. The Labute approximate surface area is 124 Å². The molecule has 0 unspecified atom stereocenters. The predicted molar refractivity (Wildman–Crippen MR) is 74.3 cm³/mol. The van der Waals surface area contributed by atoms with E-state index in [4.69, 9.17) is 19.7 Å². The molecule has 1 rings (SSSR count). The number of nitrogens with zero attached hydrogens (tertiary/aromatic N) is 1. The Balaban J connectivity index is 2.38. The molecule has 1 fully saturated rings. The Kier molecular flexibility index (Phi) is 9.16. The van der Waals surface area contributed by atoms with Gasteiger partial charge in [-0.25, -0.2) is 0 Å². The van der Waals surface area contributed by atoms with E-state index in [1.807, 2.05) is 0 Å². The number of aliphatic hydroxyl groups is 2. The number of carbonyl (C=O) groups excluding carboxylic acids is 2. The maximum atomic E-state index is 11.6. The van der Waals surface area contributed by atoms with Gasteiger partial charge in [0.05, 0.1) is 6.54 Å². The van der Waals surface area contributed by atoms with Crippen LogP contribution < -0.4 is 0 Å². The third-order valence-corrected chi connectivity index (χ3v) is 3.20. The van der Waals surface area contributed by atoms with Crippen LogP contribution in [-0.2, 0) is 19.1 Å². The molecule has 1 saturated heterocycles. The van der Waals surface area contributed by atoms with Gasteiger partial charge in [-0.1, -0.05) is 0 Å². The van der Waals surface area contributed by atoms with Gasteiger partial charge in [0.15, 0.2) is 6.29 Å². The van der Waals surface area contributed by atoms with Crippen molar-refractivity contribution in [2.45, 2.75) is 44.8 Å². The Hall–Kier alpha value is -1.02. The molecule has 0 aromatic rings. The molecule has 0 aromatic heterocycles.